The fourth-order valence-electron chi connectivity index (χ4n) is 1.63. The lowest BCUT2D eigenvalue weighted by atomic mass is 10.2. The molecule has 0 radical (unpaired) electrons. The van der Waals surface area contributed by atoms with E-state index >= 15 is 0 Å². The molecule has 102 valence electrons. The Kier molecular flexibility index (Phi) is 4.81. The molecule has 0 bridgehead atoms. The number of hydrogen-bond donors (Lipinski definition) is 2. The van der Waals surface area contributed by atoms with Gasteiger partial charge in [0, 0.05) is 22.4 Å². The maximum atomic E-state index is 13.6. The van der Waals surface area contributed by atoms with Crippen molar-refractivity contribution in [1.82, 2.24) is 5.32 Å². The molecule has 1 heterocycles. The minimum atomic E-state index is -0.622. The molecule has 4 nitrogen and oxygen atoms in total. The van der Waals surface area contributed by atoms with Crippen LogP contribution in [0.3, 0.4) is 0 Å². The maximum Gasteiger partial charge on any atom is 0.247 e. The molecular formula is C12H12BrFN2O2S. The van der Waals surface area contributed by atoms with Crippen LogP contribution >= 0.6 is 27.7 Å². The van der Waals surface area contributed by atoms with Gasteiger partial charge in [-0.3, -0.25) is 9.59 Å². The van der Waals surface area contributed by atoms with Crippen LogP contribution in [0.4, 0.5) is 10.1 Å². The number of anilines is 1. The fourth-order valence-corrected chi connectivity index (χ4v) is 2.93. The average Bonchev–Trinajstić information content (AvgIpc) is 2.57. The zero-order chi connectivity index (χ0) is 13.8. The third kappa shape index (κ3) is 3.94. The number of rotatable bonds is 2. The first-order valence-electron chi connectivity index (χ1n) is 5.69. The van der Waals surface area contributed by atoms with Crippen molar-refractivity contribution < 1.29 is 14.0 Å². The first kappa shape index (κ1) is 14.3. The molecule has 1 aliphatic rings. The third-order valence-electron chi connectivity index (χ3n) is 2.60. The smallest absolute Gasteiger partial charge is 0.247 e. The molecule has 0 unspecified atom stereocenters. The number of halogens is 2. The molecule has 0 aliphatic carbocycles. The maximum absolute atomic E-state index is 13.6. The van der Waals surface area contributed by atoms with E-state index in [1.807, 2.05) is 0 Å². The molecule has 1 atom stereocenters. The third-order valence-corrected chi connectivity index (χ3v) is 4.15. The van der Waals surface area contributed by atoms with Crippen molar-refractivity contribution >= 4 is 45.2 Å². The SMILES string of the molecule is O=C1CCSC[C@@H](C(=O)Nc2ccc(Br)cc2F)N1. The summed E-state index contributed by atoms with van der Waals surface area (Å²) in [6, 6.07) is 3.76. The number of hydrogen-bond acceptors (Lipinski definition) is 3. The van der Waals surface area contributed by atoms with Crippen molar-refractivity contribution in [2.75, 3.05) is 16.8 Å². The highest BCUT2D eigenvalue weighted by atomic mass is 79.9. The zero-order valence-electron chi connectivity index (χ0n) is 9.91. The van der Waals surface area contributed by atoms with Crippen LogP contribution in [0.1, 0.15) is 6.42 Å². The summed E-state index contributed by atoms with van der Waals surface area (Å²) in [5.41, 5.74) is 0.108. The molecule has 2 N–H and O–H groups in total. The van der Waals surface area contributed by atoms with Gasteiger partial charge < -0.3 is 10.6 Å². The van der Waals surface area contributed by atoms with Crippen molar-refractivity contribution in [1.29, 1.82) is 0 Å². The Morgan fingerprint density at radius 3 is 3.05 bits per heavy atom. The minimum absolute atomic E-state index is 0.108. The molecule has 1 aliphatic heterocycles. The van der Waals surface area contributed by atoms with Crippen LogP contribution in [-0.4, -0.2) is 29.4 Å². The van der Waals surface area contributed by atoms with E-state index < -0.39 is 17.8 Å². The summed E-state index contributed by atoms with van der Waals surface area (Å²) in [6.45, 7) is 0. The van der Waals surface area contributed by atoms with Crippen molar-refractivity contribution in [3.63, 3.8) is 0 Å². The van der Waals surface area contributed by atoms with Crippen molar-refractivity contribution in [3.05, 3.63) is 28.5 Å². The van der Waals surface area contributed by atoms with Crippen molar-refractivity contribution in [2.45, 2.75) is 12.5 Å². The first-order valence-corrected chi connectivity index (χ1v) is 7.64. The summed E-state index contributed by atoms with van der Waals surface area (Å²) in [5.74, 6) is 0.124. The highest BCUT2D eigenvalue weighted by molar-refractivity contribution is 9.10. The Balaban J connectivity index is 2.05. The lowest BCUT2D eigenvalue weighted by molar-refractivity contribution is -0.125. The topological polar surface area (TPSA) is 58.2 Å². The van der Waals surface area contributed by atoms with Crippen LogP contribution in [0.25, 0.3) is 0 Å². The van der Waals surface area contributed by atoms with Gasteiger partial charge >= 0.3 is 0 Å². The van der Waals surface area contributed by atoms with Gasteiger partial charge in [-0.25, -0.2) is 4.39 Å². The molecule has 7 heteroatoms. The van der Waals surface area contributed by atoms with Crippen LogP contribution in [0.2, 0.25) is 0 Å². The monoisotopic (exact) mass is 346 g/mol. The van der Waals surface area contributed by atoms with Crippen molar-refractivity contribution in [3.8, 4) is 0 Å². The lowest BCUT2D eigenvalue weighted by Crippen LogP contribution is -2.44. The van der Waals surface area contributed by atoms with E-state index in [1.54, 1.807) is 6.07 Å². The number of thioether (sulfide) groups is 1. The molecule has 1 aromatic rings. The van der Waals surface area contributed by atoms with E-state index in [1.165, 1.54) is 23.9 Å². The minimum Gasteiger partial charge on any atom is -0.343 e. The quantitative estimate of drug-likeness (QED) is 0.862. The molecule has 2 rings (SSSR count). The highest BCUT2D eigenvalue weighted by Crippen LogP contribution is 2.20. The van der Waals surface area contributed by atoms with Gasteiger partial charge in [0.2, 0.25) is 11.8 Å². The lowest BCUT2D eigenvalue weighted by Gasteiger charge is -2.15. The molecule has 19 heavy (non-hydrogen) atoms. The van der Waals surface area contributed by atoms with E-state index in [-0.39, 0.29) is 11.6 Å². The van der Waals surface area contributed by atoms with E-state index in [0.29, 0.717) is 22.4 Å². The van der Waals surface area contributed by atoms with Gasteiger partial charge in [-0.1, -0.05) is 15.9 Å². The van der Waals surface area contributed by atoms with E-state index in [9.17, 15) is 14.0 Å². The van der Waals surface area contributed by atoms with E-state index in [0.717, 1.165) is 0 Å². The van der Waals surface area contributed by atoms with Gasteiger partial charge in [0.05, 0.1) is 5.69 Å². The Bertz CT molecular complexity index is 513. The van der Waals surface area contributed by atoms with Crippen LogP contribution in [-0.2, 0) is 9.59 Å². The fraction of sp³-hybridized carbons (Fsp3) is 0.333. The first-order chi connectivity index (χ1) is 9.06. The van der Waals surface area contributed by atoms with Gasteiger partial charge in [0.15, 0.2) is 0 Å². The van der Waals surface area contributed by atoms with E-state index in [4.69, 9.17) is 0 Å². The number of carbonyl (C=O) groups is 2. The number of carbonyl (C=O) groups excluding carboxylic acids is 2. The molecule has 1 aromatic carbocycles. The second-order valence-corrected chi connectivity index (χ2v) is 6.12. The Morgan fingerprint density at radius 2 is 2.32 bits per heavy atom. The second-order valence-electron chi connectivity index (χ2n) is 4.06. The summed E-state index contributed by atoms with van der Waals surface area (Å²) in [5, 5.41) is 5.12. The standard InChI is InChI=1S/C12H12BrFN2O2S/c13-7-1-2-9(8(14)5-7)16-12(18)10-6-19-4-3-11(17)15-10/h1-2,5,10H,3-4,6H2,(H,15,17)(H,16,18)/t10-/m0/s1. The number of benzene rings is 1. The number of amides is 2. The van der Waals surface area contributed by atoms with Gasteiger partial charge in [-0.05, 0) is 18.2 Å². The molecule has 0 spiro atoms. The van der Waals surface area contributed by atoms with Gasteiger partial charge in [0.1, 0.15) is 11.9 Å². The van der Waals surface area contributed by atoms with Gasteiger partial charge in [-0.2, -0.15) is 11.8 Å². The summed E-state index contributed by atoms with van der Waals surface area (Å²) >= 11 is 4.67. The van der Waals surface area contributed by atoms with Crippen LogP contribution in [0.5, 0.6) is 0 Å². The zero-order valence-corrected chi connectivity index (χ0v) is 12.3. The second kappa shape index (κ2) is 6.38. The van der Waals surface area contributed by atoms with Crippen LogP contribution < -0.4 is 10.6 Å². The number of nitrogens with one attached hydrogen (secondary N) is 2. The predicted octanol–water partition coefficient (Wildman–Crippen LogP) is 2.15. The molecule has 0 aromatic heterocycles. The Morgan fingerprint density at radius 1 is 1.53 bits per heavy atom. The van der Waals surface area contributed by atoms with Crippen LogP contribution in [0, 0.1) is 5.82 Å². The molecular weight excluding hydrogens is 335 g/mol. The summed E-state index contributed by atoms with van der Waals surface area (Å²) in [4.78, 5) is 23.4. The summed E-state index contributed by atoms with van der Waals surface area (Å²) in [6.07, 6.45) is 0.404. The van der Waals surface area contributed by atoms with Crippen LogP contribution in [0.15, 0.2) is 22.7 Å². The van der Waals surface area contributed by atoms with E-state index in [2.05, 4.69) is 26.6 Å². The molecule has 1 saturated heterocycles. The summed E-state index contributed by atoms with van der Waals surface area (Å²) in [7, 11) is 0. The van der Waals surface area contributed by atoms with Crippen molar-refractivity contribution in [2.24, 2.45) is 0 Å². The molecule has 2 amide bonds. The predicted molar refractivity (Wildman–Crippen MR) is 76.6 cm³/mol. The molecule has 1 fully saturated rings. The Hall–Kier alpha value is -1.08. The Labute approximate surface area is 122 Å². The largest absolute Gasteiger partial charge is 0.343 e. The average molecular weight is 347 g/mol. The highest BCUT2D eigenvalue weighted by Gasteiger charge is 2.24. The van der Waals surface area contributed by atoms with Gasteiger partial charge in [0.25, 0.3) is 0 Å². The molecule has 0 saturated carbocycles. The van der Waals surface area contributed by atoms with Gasteiger partial charge in [-0.15, -0.1) is 0 Å². The summed E-state index contributed by atoms with van der Waals surface area (Å²) < 4.78 is 14.2. The normalized spacial score (nSPS) is 19.5.